The normalized spacial score (nSPS) is 12.5. The third-order valence-electron chi connectivity index (χ3n) is 10.5. The second-order valence-electron chi connectivity index (χ2n) is 13.5. The number of oxazole rings is 2. The molecule has 0 spiro atoms. The highest BCUT2D eigenvalue weighted by molar-refractivity contribution is 8.76. The van der Waals surface area contributed by atoms with Gasteiger partial charge in [-0.15, -0.1) is 0 Å². The average Bonchev–Trinajstić information content (AvgIpc) is 3.89. The van der Waals surface area contributed by atoms with Crippen molar-refractivity contribution < 1.29 is 18.0 Å². The molecule has 0 unspecified atom stereocenters. The predicted molar refractivity (Wildman–Crippen MR) is 206 cm³/mol. The Kier molecular flexibility index (Phi) is 6.39. The van der Waals surface area contributed by atoms with E-state index in [0.717, 1.165) is 55.0 Å². The van der Waals surface area contributed by atoms with Gasteiger partial charge in [-0.05, 0) is 85.0 Å². The van der Waals surface area contributed by atoms with Crippen LogP contribution in [0, 0.1) is 27.7 Å². The van der Waals surface area contributed by atoms with Crippen LogP contribution in [0.15, 0.2) is 70.0 Å². The van der Waals surface area contributed by atoms with Gasteiger partial charge >= 0.3 is 0 Å². The molecule has 0 aliphatic carbocycles. The minimum atomic E-state index is 0.635. The number of rotatable bonds is 5. The van der Waals surface area contributed by atoms with Crippen LogP contribution in [0.25, 0.3) is 87.4 Å². The second kappa shape index (κ2) is 10.7. The van der Waals surface area contributed by atoms with Crippen LogP contribution < -0.4 is 9.13 Å². The summed E-state index contributed by atoms with van der Waals surface area (Å²) in [5, 5.41) is 9.74. The third kappa shape index (κ3) is 4.21. The monoisotopic (exact) mass is 694 g/mol. The molecule has 0 saturated carbocycles. The molecule has 10 rings (SSSR count). The van der Waals surface area contributed by atoms with Crippen molar-refractivity contribution >= 4 is 109 Å². The van der Waals surface area contributed by atoms with Gasteiger partial charge < -0.3 is 18.8 Å². The van der Waals surface area contributed by atoms with Crippen molar-refractivity contribution in [3.8, 4) is 0 Å². The molecule has 10 heteroatoms. The van der Waals surface area contributed by atoms with Crippen LogP contribution in [0.3, 0.4) is 0 Å². The molecule has 4 aromatic carbocycles. The zero-order valence-corrected chi connectivity index (χ0v) is 30.2. The van der Waals surface area contributed by atoms with Gasteiger partial charge in [0.15, 0.2) is 36.0 Å². The fourth-order valence-corrected chi connectivity index (χ4v) is 9.77. The summed E-state index contributed by atoms with van der Waals surface area (Å²) in [7, 11) is 7.55. The Labute approximate surface area is 294 Å². The first-order valence-corrected chi connectivity index (χ1v) is 19.2. The lowest BCUT2D eigenvalue weighted by atomic mass is 9.96. The highest BCUT2D eigenvalue weighted by Crippen LogP contribution is 2.42. The molecule has 6 aromatic heterocycles. The number of aryl methyl sites for hydroxylation is 6. The van der Waals surface area contributed by atoms with E-state index in [1.165, 1.54) is 54.6 Å². The largest absolute Gasteiger partial charge is 0.440 e. The van der Waals surface area contributed by atoms with Crippen LogP contribution in [-0.2, 0) is 25.6 Å². The van der Waals surface area contributed by atoms with Gasteiger partial charge in [-0.25, -0.2) is 19.1 Å². The van der Waals surface area contributed by atoms with Gasteiger partial charge in [-0.3, -0.25) is 0 Å². The number of nitrogens with zero attached hydrogens (tertiary/aromatic N) is 4. The molecule has 50 heavy (non-hydrogen) atoms. The summed E-state index contributed by atoms with van der Waals surface area (Å²) in [5.74, 6) is 2.70. The summed E-state index contributed by atoms with van der Waals surface area (Å²) < 4.78 is 16.8. The number of hydrogen-bond acceptors (Lipinski definition) is 6. The summed E-state index contributed by atoms with van der Waals surface area (Å²) in [6, 6.07) is 12.7. The van der Waals surface area contributed by atoms with Gasteiger partial charge in [0, 0.05) is 55.5 Å². The average molecular weight is 695 g/mol. The third-order valence-corrected chi connectivity index (χ3v) is 12.6. The first-order chi connectivity index (χ1) is 24.2. The van der Waals surface area contributed by atoms with Crippen molar-refractivity contribution in [3.63, 3.8) is 0 Å². The number of H-pyrrole nitrogens is 2. The Morgan fingerprint density at radius 1 is 0.560 bits per heavy atom. The number of hydrogen-bond donors (Lipinski definition) is 2. The second-order valence-corrected chi connectivity index (χ2v) is 16.0. The predicted octanol–water partition coefficient (Wildman–Crippen LogP) is 9.51. The Bertz CT molecular complexity index is 2870. The van der Waals surface area contributed by atoms with Gasteiger partial charge in [0.1, 0.15) is 25.1 Å². The van der Waals surface area contributed by atoms with Crippen molar-refractivity contribution in [1.29, 1.82) is 0 Å². The molecule has 0 fully saturated rings. The summed E-state index contributed by atoms with van der Waals surface area (Å²) >= 11 is 0. The van der Waals surface area contributed by atoms with Gasteiger partial charge in [-0.1, -0.05) is 21.6 Å². The summed E-state index contributed by atoms with van der Waals surface area (Å²) in [6.45, 7) is 8.82. The van der Waals surface area contributed by atoms with Crippen molar-refractivity contribution in [3.05, 3.63) is 95.2 Å². The summed E-state index contributed by atoms with van der Waals surface area (Å²) in [6.07, 6.45) is 8.64. The molecule has 0 atom stereocenters. The molecular formula is C40H34N6O2S2+2. The Morgan fingerprint density at radius 2 is 1.00 bits per heavy atom. The quantitative estimate of drug-likeness (QED) is 0.106. The SMILES string of the molecule is Cc1c2cc[n+](C)cc2c(C)c2c1[nH]c1ccc3oc(CSSCc4nc5c(ccc6[nH]c7c(C)c8cc[n+](C)cc8c(C)c7c65)o4)nc3c12. The van der Waals surface area contributed by atoms with Crippen molar-refractivity contribution in [2.45, 2.75) is 39.2 Å². The number of fused-ring (bicyclic) bond motifs is 12. The van der Waals surface area contributed by atoms with E-state index in [-0.39, 0.29) is 0 Å². The zero-order chi connectivity index (χ0) is 34.0. The van der Waals surface area contributed by atoms with Gasteiger partial charge in [-0.2, -0.15) is 0 Å². The highest BCUT2D eigenvalue weighted by Gasteiger charge is 2.22. The lowest BCUT2D eigenvalue weighted by Crippen LogP contribution is -2.26. The minimum Gasteiger partial charge on any atom is -0.440 e. The van der Waals surface area contributed by atoms with Crippen molar-refractivity contribution in [2.75, 3.05) is 0 Å². The molecule has 6 heterocycles. The van der Waals surface area contributed by atoms with E-state index in [9.17, 15) is 0 Å². The Hall–Kier alpha value is -5.06. The fraction of sp³-hybridized carbons (Fsp3) is 0.200. The van der Waals surface area contributed by atoms with Gasteiger partial charge in [0.25, 0.3) is 0 Å². The van der Waals surface area contributed by atoms with Crippen LogP contribution >= 0.6 is 21.6 Å². The minimum absolute atomic E-state index is 0.635. The Balaban J connectivity index is 0.955. The van der Waals surface area contributed by atoms with Crippen LogP contribution in [0.4, 0.5) is 0 Å². The molecule has 8 nitrogen and oxygen atoms in total. The maximum absolute atomic E-state index is 6.30. The lowest BCUT2D eigenvalue weighted by molar-refractivity contribution is -0.670. The summed E-state index contributed by atoms with van der Waals surface area (Å²) in [5.41, 5.74) is 12.9. The van der Waals surface area contributed by atoms with E-state index in [2.05, 4.69) is 110 Å². The molecule has 2 N–H and O–H groups in total. The molecule has 0 saturated heterocycles. The number of nitrogens with one attached hydrogen (secondary N) is 2. The molecule has 246 valence electrons. The van der Waals surface area contributed by atoms with Crippen molar-refractivity contribution in [2.24, 2.45) is 14.1 Å². The molecule has 0 bridgehead atoms. The molecule has 0 aliphatic rings. The number of aromatic nitrogens is 6. The van der Waals surface area contributed by atoms with Gasteiger partial charge in [0.05, 0.1) is 22.5 Å². The number of aromatic amines is 2. The van der Waals surface area contributed by atoms with E-state index in [4.69, 9.17) is 18.8 Å². The molecular weight excluding hydrogens is 661 g/mol. The number of benzene rings is 4. The van der Waals surface area contributed by atoms with E-state index < -0.39 is 0 Å². The highest BCUT2D eigenvalue weighted by atomic mass is 33.1. The van der Waals surface area contributed by atoms with Crippen LogP contribution in [0.1, 0.15) is 34.0 Å². The molecule has 0 amide bonds. The van der Waals surface area contributed by atoms with Crippen molar-refractivity contribution in [1.82, 2.24) is 19.9 Å². The smallest absolute Gasteiger partial charge is 0.206 e. The molecule has 0 aliphatic heterocycles. The topological polar surface area (TPSA) is 91.4 Å². The lowest BCUT2D eigenvalue weighted by Gasteiger charge is -2.07. The maximum Gasteiger partial charge on any atom is 0.206 e. The summed E-state index contributed by atoms with van der Waals surface area (Å²) in [4.78, 5) is 17.5. The first kappa shape index (κ1) is 29.8. The van der Waals surface area contributed by atoms with Gasteiger partial charge in [0.2, 0.25) is 11.8 Å². The Morgan fingerprint density at radius 3 is 1.44 bits per heavy atom. The van der Waals surface area contributed by atoms with E-state index in [0.29, 0.717) is 23.3 Å². The molecule has 0 radical (unpaired) electrons. The fourth-order valence-electron chi connectivity index (χ4n) is 8.05. The van der Waals surface area contributed by atoms with E-state index in [1.807, 2.05) is 12.1 Å². The maximum atomic E-state index is 6.30. The van der Waals surface area contributed by atoms with E-state index >= 15 is 0 Å². The zero-order valence-electron chi connectivity index (χ0n) is 28.6. The molecule has 10 aromatic rings. The first-order valence-electron chi connectivity index (χ1n) is 16.7. The van der Waals surface area contributed by atoms with Crippen LogP contribution in [0.5, 0.6) is 0 Å². The van der Waals surface area contributed by atoms with E-state index in [1.54, 1.807) is 21.6 Å². The standard InChI is InChI=1S/C40H32N6O2S2/c1-19-25-15-45(5)13-11-23(25)21(3)37-33(19)35-27(41-37)7-9-29-39(35)43-31(47-29)17-49-50-18-32-44-40-30(48-32)10-8-28-36(40)34-20(2)26-16-46(6)14-12-24(26)22(4)38(34)42-28/h7-16H,17-18H2,1-6H3/p+2. The van der Waals surface area contributed by atoms with Crippen LogP contribution in [-0.4, -0.2) is 19.9 Å². The number of pyridine rings is 2. The van der Waals surface area contributed by atoms with Crippen LogP contribution in [0.2, 0.25) is 0 Å².